The summed E-state index contributed by atoms with van der Waals surface area (Å²) in [6.45, 7) is 4.71. The van der Waals surface area contributed by atoms with Gasteiger partial charge in [0.25, 0.3) is 5.91 Å². The lowest BCUT2D eigenvalue weighted by molar-refractivity contribution is 0.100. The van der Waals surface area contributed by atoms with Crippen LogP contribution in [0.25, 0.3) is 11.3 Å². The number of carbonyl (C=O) groups is 1. The number of hydrogen-bond donors (Lipinski definition) is 2. The Morgan fingerprint density at radius 2 is 1.82 bits per heavy atom. The van der Waals surface area contributed by atoms with Crippen LogP contribution in [0.15, 0.2) is 66.6 Å². The number of nitrogens with zero attached hydrogens (tertiary/aromatic N) is 3. The van der Waals surface area contributed by atoms with Crippen molar-refractivity contribution in [2.75, 3.05) is 18.8 Å². The molecular weight excluding hydrogens is 438 g/mol. The van der Waals surface area contributed by atoms with Gasteiger partial charge in [0.1, 0.15) is 28.6 Å². The van der Waals surface area contributed by atoms with E-state index in [1.165, 1.54) is 5.41 Å². The van der Waals surface area contributed by atoms with Crippen molar-refractivity contribution in [2.45, 2.75) is 18.9 Å². The molecular formula is C24H27N5O3S. The Labute approximate surface area is 193 Å². The first-order valence-corrected chi connectivity index (χ1v) is 12.3. The third kappa shape index (κ3) is 4.64. The number of benzene rings is 2. The molecule has 4 rings (SSSR count). The number of amides is 1. The van der Waals surface area contributed by atoms with Crippen molar-refractivity contribution in [1.29, 1.82) is 0 Å². The Morgan fingerprint density at radius 3 is 2.45 bits per heavy atom. The molecule has 1 saturated heterocycles. The Balaban J connectivity index is 1.65. The number of rotatable bonds is 7. The number of hydrogen-bond acceptors (Lipinski definition) is 5. The van der Waals surface area contributed by atoms with Crippen LogP contribution < -0.4 is 16.2 Å². The molecule has 1 fully saturated rings. The number of nitrogens with two attached hydrogens (primary N) is 2. The van der Waals surface area contributed by atoms with E-state index >= 15 is 0 Å². The maximum atomic E-state index is 12.7. The Kier molecular flexibility index (Phi) is 6.26. The third-order valence-electron chi connectivity index (χ3n) is 5.70. The van der Waals surface area contributed by atoms with Gasteiger partial charge in [0.2, 0.25) is 0 Å². The highest BCUT2D eigenvalue weighted by molar-refractivity contribution is 8.00. The van der Waals surface area contributed by atoms with Crippen LogP contribution in [0.1, 0.15) is 29.2 Å². The maximum absolute atomic E-state index is 12.7. The van der Waals surface area contributed by atoms with E-state index in [4.69, 9.17) is 16.2 Å². The SMILES string of the molecule is C=CS(=C)(=O)N1CCC[C@@H](n2nc(-c3ccc(Oc4ccccc4)cc3)c(C(N)=O)c2N)C1. The fourth-order valence-electron chi connectivity index (χ4n) is 3.98. The van der Waals surface area contributed by atoms with Gasteiger partial charge in [-0.15, -0.1) is 0 Å². The standard InChI is InChI=1S/C24H27N5O3S/c1-3-33(2,31)28-15-7-8-18(16-28)29-23(25)21(24(26)30)22(27-29)17-11-13-20(14-12-17)32-19-9-5-4-6-10-19/h3-6,9-14,18H,1-2,7-8,15-16,25H2,(H2,26,30)/t18-,33?/m1/s1. The van der Waals surface area contributed by atoms with E-state index in [-0.39, 0.29) is 17.4 Å². The minimum absolute atomic E-state index is 0.169. The number of para-hydroxylation sites is 1. The molecule has 2 aromatic carbocycles. The molecule has 1 unspecified atom stereocenters. The van der Waals surface area contributed by atoms with Crippen molar-refractivity contribution in [3.8, 4) is 22.8 Å². The summed E-state index contributed by atoms with van der Waals surface area (Å²) in [5, 5.41) is 6.04. The zero-order chi connectivity index (χ0) is 23.6. The lowest BCUT2D eigenvalue weighted by atomic mass is 10.1. The predicted octanol–water partition coefficient (Wildman–Crippen LogP) is 3.44. The molecule has 1 aliphatic rings. The molecule has 2 heterocycles. The molecule has 3 aromatic rings. The summed E-state index contributed by atoms with van der Waals surface area (Å²) in [6, 6.07) is 16.5. The molecule has 0 radical (unpaired) electrons. The quantitative estimate of drug-likeness (QED) is 0.519. The van der Waals surface area contributed by atoms with Crippen molar-refractivity contribution >= 4 is 27.3 Å². The van der Waals surface area contributed by atoms with E-state index in [1.807, 2.05) is 42.5 Å². The van der Waals surface area contributed by atoms with Gasteiger partial charge in [0.05, 0.1) is 6.04 Å². The zero-order valence-electron chi connectivity index (χ0n) is 18.2. The summed E-state index contributed by atoms with van der Waals surface area (Å²) in [7, 11) is -2.57. The summed E-state index contributed by atoms with van der Waals surface area (Å²) in [5.41, 5.74) is 13.3. The van der Waals surface area contributed by atoms with Crippen molar-refractivity contribution in [3.05, 3.63) is 72.1 Å². The van der Waals surface area contributed by atoms with Crippen molar-refractivity contribution in [1.82, 2.24) is 14.1 Å². The van der Waals surface area contributed by atoms with Crippen LogP contribution in [0.4, 0.5) is 5.82 Å². The summed E-state index contributed by atoms with van der Waals surface area (Å²) >= 11 is 0. The topological polar surface area (TPSA) is 116 Å². The number of ether oxygens (including phenoxy) is 1. The smallest absolute Gasteiger partial charge is 0.254 e. The van der Waals surface area contributed by atoms with Crippen LogP contribution in [-0.4, -0.2) is 43.2 Å². The number of nitrogen functional groups attached to an aromatic ring is 1. The monoisotopic (exact) mass is 465 g/mol. The molecule has 1 aliphatic heterocycles. The normalized spacial score (nSPS) is 18.4. The Morgan fingerprint density at radius 1 is 1.15 bits per heavy atom. The molecule has 8 nitrogen and oxygen atoms in total. The second-order valence-corrected chi connectivity index (χ2v) is 10.1. The van der Waals surface area contributed by atoms with Gasteiger partial charge in [-0.2, -0.15) is 5.10 Å². The molecule has 4 N–H and O–H groups in total. The fraction of sp³-hybridized carbons (Fsp3) is 0.208. The average Bonchev–Trinajstić information content (AvgIpc) is 3.17. The van der Waals surface area contributed by atoms with Gasteiger partial charge in [0, 0.05) is 33.8 Å². The number of carbonyl (C=O) groups excluding carboxylic acids is 1. The van der Waals surface area contributed by atoms with Gasteiger partial charge < -0.3 is 16.2 Å². The second-order valence-electron chi connectivity index (χ2n) is 7.90. The van der Waals surface area contributed by atoms with Crippen LogP contribution in [0, 0.1) is 0 Å². The summed E-state index contributed by atoms with van der Waals surface area (Å²) in [6.07, 6.45) is 1.56. The number of primary amides is 1. The number of aromatic nitrogens is 2. The minimum Gasteiger partial charge on any atom is -0.457 e. The van der Waals surface area contributed by atoms with Crippen LogP contribution in [0.2, 0.25) is 0 Å². The Hall–Kier alpha value is -3.56. The molecule has 0 bridgehead atoms. The highest BCUT2D eigenvalue weighted by atomic mass is 32.2. The van der Waals surface area contributed by atoms with Crippen molar-refractivity contribution in [2.24, 2.45) is 5.73 Å². The van der Waals surface area contributed by atoms with E-state index in [2.05, 4.69) is 17.5 Å². The molecule has 0 spiro atoms. The van der Waals surface area contributed by atoms with E-state index in [0.29, 0.717) is 30.1 Å². The van der Waals surface area contributed by atoms with Gasteiger partial charge in [-0.25, -0.2) is 13.2 Å². The first-order valence-electron chi connectivity index (χ1n) is 10.6. The van der Waals surface area contributed by atoms with E-state index in [0.717, 1.165) is 18.6 Å². The lowest BCUT2D eigenvalue weighted by Gasteiger charge is -2.33. The van der Waals surface area contributed by atoms with Crippen LogP contribution in [0.3, 0.4) is 0 Å². The molecule has 0 aliphatic carbocycles. The molecule has 9 heteroatoms. The summed E-state index contributed by atoms with van der Waals surface area (Å²) in [5.74, 6) is 4.70. The number of piperidine rings is 1. The van der Waals surface area contributed by atoms with Crippen LogP contribution in [0.5, 0.6) is 11.5 Å². The summed E-state index contributed by atoms with van der Waals surface area (Å²) < 4.78 is 21.9. The first-order chi connectivity index (χ1) is 15.8. The van der Waals surface area contributed by atoms with Gasteiger partial charge in [-0.1, -0.05) is 24.8 Å². The maximum Gasteiger partial charge on any atom is 0.254 e. The third-order valence-corrected chi connectivity index (χ3v) is 7.43. The highest BCUT2D eigenvalue weighted by Crippen LogP contribution is 2.33. The van der Waals surface area contributed by atoms with Crippen molar-refractivity contribution in [3.63, 3.8) is 0 Å². The molecule has 0 saturated carbocycles. The molecule has 1 aromatic heterocycles. The fourth-order valence-corrected chi connectivity index (χ4v) is 5.06. The van der Waals surface area contributed by atoms with Crippen LogP contribution >= 0.6 is 0 Å². The van der Waals surface area contributed by atoms with Crippen LogP contribution in [-0.2, 0) is 9.71 Å². The highest BCUT2D eigenvalue weighted by Gasteiger charge is 2.30. The van der Waals surface area contributed by atoms with Crippen molar-refractivity contribution < 1.29 is 13.7 Å². The second kappa shape index (κ2) is 9.13. The van der Waals surface area contributed by atoms with E-state index in [9.17, 15) is 9.00 Å². The average molecular weight is 466 g/mol. The van der Waals surface area contributed by atoms with E-state index in [1.54, 1.807) is 21.1 Å². The molecule has 33 heavy (non-hydrogen) atoms. The van der Waals surface area contributed by atoms with Gasteiger partial charge in [0.15, 0.2) is 0 Å². The number of anilines is 1. The van der Waals surface area contributed by atoms with Gasteiger partial charge >= 0.3 is 0 Å². The first kappa shape index (κ1) is 22.6. The summed E-state index contributed by atoms with van der Waals surface area (Å²) in [4.78, 5) is 12.3. The lowest BCUT2D eigenvalue weighted by Crippen LogP contribution is -2.40. The molecule has 172 valence electrons. The minimum atomic E-state index is -2.57. The zero-order valence-corrected chi connectivity index (χ0v) is 19.0. The molecule has 1 amide bonds. The largest absolute Gasteiger partial charge is 0.457 e. The Bertz CT molecular complexity index is 1270. The molecule has 2 atom stereocenters. The predicted molar refractivity (Wildman–Crippen MR) is 132 cm³/mol. The van der Waals surface area contributed by atoms with E-state index < -0.39 is 15.6 Å². The van der Waals surface area contributed by atoms with Gasteiger partial charge in [-0.3, -0.25) is 4.79 Å². The van der Waals surface area contributed by atoms with Gasteiger partial charge in [-0.05, 0) is 55.1 Å².